The minimum absolute atomic E-state index is 0. The Hall–Kier alpha value is -1.42. The molecule has 160 valence electrons. The van der Waals surface area contributed by atoms with Crippen molar-refractivity contribution in [2.75, 3.05) is 13.1 Å². The van der Waals surface area contributed by atoms with Crippen LogP contribution in [0.5, 0.6) is 5.88 Å². The van der Waals surface area contributed by atoms with E-state index in [1.165, 1.54) is 19.3 Å². The molecule has 2 aromatic rings. The molecule has 2 aromatic heterocycles. The van der Waals surface area contributed by atoms with E-state index < -0.39 is 0 Å². The summed E-state index contributed by atoms with van der Waals surface area (Å²) in [5.74, 6) is 1.54. The molecule has 1 aliphatic rings. The molecule has 1 fully saturated rings. The van der Waals surface area contributed by atoms with Gasteiger partial charge >= 0.3 is 0 Å². The van der Waals surface area contributed by atoms with Gasteiger partial charge in [-0.1, -0.05) is 6.42 Å². The summed E-state index contributed by atoms with van der Waals surface area (Å²) in [6.45, 7) is 6.34. The summed E-state index contributed by atoms with van der Waals surface area (Å²) in [5, 5.41) is 9.91. The van der Waals surface area contributed by atoms with Gasteiger partial charge in [-0.3, -0.25) is 0 Å². The lowest BCUT2D eigenvalue weighted by atomic mass is 9.98. The molecular weight excluding hydrogens is 497 g/mol. The Bertz CT molecular complexity index is 761. The maximum atomic E-state index is 6.07. The largest absolute Gasteiger partial charge is 0.474 e. The number of hydrogen-bond acceptors (Lipinski definition) is 5. The molecule has 0 unspecified atom stereocenters. The van der Waals surface area contributed by atoms with Crippen molar-refractivity contribution in [3.63, 3.8) is 0 Å². The van der Waals surface area contributed by atoms with Crippen LogP contribution in [0.15, 0.2) is 28.7 Å². The first-order chi connectivity index (χ1) is 13.7. The van der Waals surface area contributed by atoms with Gasteiger partial charge in [0.15, 0.2) is 5.96 Å². The number of pyridine rings is 1. The third kappa shape index (κ3) is 8.46. The van der Waals surface area contributed by atoms with Crippen molar-refractivity contribution in [3.05, 3.63) is 40.0 Å². The van der Waals surface area contributed by atoms with Crippen molar-refractivity contribution >= 4 is 41.3 Å². The summed E-state index contributed by atoms with van der Waals surface area (Å²) >= 11 is 1.69. The predicted molar refractivity (Wildman–Crippen MR) is 131 cm³/mol. The SMILES string of the molecule is CCNC(=NCc1ccnc(OC2CCCCC2)c1)NCCc1csc(C)n1.I. The Morgan fingerprint density at radius 1 is 1.28 bits per heavy atom. The van der Waals surface area contributed by atoms with Gasteiger partial charge in [0.2, 0.25) is 5.88 Å². The predicted octanol–water partition coefficient (Wildman–Crippen LogP) is 4.47. The highest BCUT2D eigenvalue weighted by atomic mass is 127. The molecule has 3 rings (SSSR count). The molecule has 8 heteroatoms. The van der Waals surface area contributed by atoms with Gasteiger partial charge in [0, 0.05) is 37.2 Å². The Morgan fingerprint density at radius 2 is 2.10 bits per heavy atom. The van der Waals surface area contributed by atoms with Crippen molar-refractivity contribution < 1.29 is 4.74 Å². The maximum absolute atomic E-state index is 6.07. The van der Waals surface area contributed by atoms with Gasteiger partial charge in [0.1, 0.15) is 6.10 Å². The van der Waals surface area contributed by atoms with Crippen molar-refractivity contribution in [2.45, 2.75) is 65.0 Å². The molecule has 1 aliphatic carbocycles. The Kier molecular flexibility index (Phi) is 10.7. The molecule has 0 radical (unpaired) electrons. The van der Waals surface area contributed by atoms with Crippen LogP contribution in [0, 0.1) is 6.92 Å². The molecule has 1 saturated carbocycles. The third-order valence-corrected chi connectivity index (χ3v) is 5.57. The molecule has 0 aromatic carbocycles. The van der Waals surface area contributed by atoms with Crippen molar-refractivity contribution in [3.8, 4) is 5.88 Å². The number of ether oxygens (including phenoxy) is 1. The molecule has 0 saturated heterocycles. The zero-order chi connectivity index (χ0) is 19.6. The third-order valence-electron chi connectivity index (χ3n) is 4.74. The van der Waals surface area contributed by atoms with Crippen LogP contribution < -0.4 is 15.4 Å². The van der Waals surface area contributed by atoms with E-state index >= 15 is 0 Å². The first-order valence-corrected chi connectivity index (χ1v) is 11.2. The van der Waals surface area contributed by atoms with Crippen LogP contribution in [0.3, 0.4) is 0 Å². The van der Waals surface area contributed by atoms with Gasteiger partial charge in [-0.15, -0.1) is 35.3 Å². The van der Waals surface area contributed by atoms with Crippen LogP contribution in [-0.2, 0) is 13.0 Å². The standard InChI is InChI=1S/C21H31N5OS.HI/c1-3-22-21(24-12-10-18-15-28-16(2)26-18)25-14-17-9-11-23-20(13-17)27-19-7-5-4-6-8-19;/h9,11,13,15,19H,3-8,10,12,14H2,1-2H3,(H2,22,24,25);1H. The van der Waals surface area contributed by atoms with E-state index in [1.807, 2.05) is 25.3 Å². The average molecular weight is 529 g/mol. The second-order valence-electron chi connectivity index (χ2n) is 7.11. The molecule has 0 amide bonds. The number of aromatic nitrogens is 2. The van der Waals surface area contributed by atoms with Gasteiger partial charge in [-0.25, -0.2) is 15.0 Å². The first-order valence-electron chi connectivity index (χ1n) is 10.3. The number of halogens is 1. The number of aliphatic imine (C=N–C) groups is 1. The molecule has 0 bridgehead atoms. The second-order valence-corrected chi connectivity index (χ2v) is 8.17. The zero-order valence-electron chi connectivity index (χ0n) is 17.3. The van der Waals surface area contributed by atoms with Crippen LogP contribution >= 0.6 is 35.3 Å². The summed E-state index contributed by atoms with van der Waals surface area (Å²) in [6.07, 6.45) is 9.13. The van der Waals surface area contributed by atoms with Gasteiger partial charge in [0.25, 0.3) is 0 Å². The van der Waals surface area contributed by atoms with E-state index in [1.54, 1.807) is 11.3 Å². The second kappa shape index (κ2) is 13.0. The lowest BCUT2D eigenvalue weighted by molar-refractivity contribution is 0.148. The van der Waals surface area contributed by atoms with E-state index in [4.69, 9.17) is 9.73 Å². The number of nitrogens with zero attached hydrogens (tertiary/aromatic N) is 3. The zero-order valence-corrected chi connectivity index (χ0v) is 20.5. The van der Waals surface area contributed by atoms with Crippen LogP contribution in [0.25, 0.3) is 0 Å². The van der Waals surface area contributed by atoms with Crippen LogP contribution in [0.2, 0.25) is 0 Å². The fourth-order valence-corrected chi connectivity index (χ4v) is 3.96. The summed E-state index contributed by atoms with van der Waals surface area (Å²) in [6, 6.07) is 4.01. The summed E-state index contributed by atoms with van der Waals surface area (Å²) in [7, 11) is 0. The fraction of sp³-hybridized carbons (Fsp3) is 0.571. The smallest absolute Gasteiger partial charge is 0.213 e. The van der Waals surface area contributed by atoms with E-state index in [0.717, 1.165) is 60.5 Å². The fourth-order valence-electron chi connectivity index (χ4n) is 3.31. The molecule has 6 nitrogen and oxygen atoms in total. The molecule has 0 aliphatic heterocycles. The first kappa shape index (κ1) is 23.9. The highest BCUT2D eigenvalue weighted by molar-refractivity contribution is 14.0. The minimum atomic E-state index is 0. The molecule has 0 spiro atoms. The number of rotatable bonds is 8. The van der Waals surface area contributed by atoms with Crippen molar-refractivity contribution in [1.29, 1.82) is 0 Å². The van der Waals surface area contributed by atoms with E-state index in [-0.39, 0.29) is 24.0 Å². The molecule has 29 heavy (non-hydrogen) atoms. The van der Waals surface area contributed by atoms with Gasteiger partial charge in [-0.05, 0) is 51.2 Å². The van der Waals surface area contributed by atoms with Gasteiger partial charge in [-0.2, -0.15) is 0 Å². The topological polar surface area (TPSA) is 71.4 Å². The van der Waals surface area contributed by atoms with Crippen molar-refractivity contribution in [2.24, 2.45) is 4.99 Å². The Balaban J connectivity index is 0.00000300. The van der Waals surface area contributed by atoms with Crippen LogP contribution in [-0.4, -0.2) is 35.1 Å². The monoisotopic (exact) mass is 529 g/mol. The number of aryl methyl sites for hydroxylation is 1. The Labute approximate surface area is 195 Å². The van der Waals surface area contributed by atoms with E-state index in [9.17, 15) is 0 Å². The molecule has 2 N–H and O–H groups in total. The lowest BCUT2D eigenvalue weighted by Crippen LogP contribution is -2.38. The highest BCUT2D eigenvalue weighted by Crippen LogP contribution is 2.22. The summed E-state index contributed by atoms with van der Waals surface area (Å²) in [5.41, 5.74) is 2.23. The molecule has 2 heterocycles. The normalized spacial score (nSPS) is 14.9. The van der Waals surface area contributed by atoms with Crippen LogP contribution in [0.1, 0.15) is 55.3 Å². The highest BCUT2D eigenvalue weighted by Gasteiger charge is 2.15. The minimum Gasteiger partial charge on any atom is -0.474 e. The van der Waals surface area contributed by atoms with Crippen LogP contribution in [0.4, 0.5) is 0 Å². The van der Waals surface area contributed by atoms with E-state index in [0.29, 0.717) is 12.6 Å². The molecule has 0 atom stereocenters. The quantitative estimate of drug-likeness (QED) is 0.300. The number of thiazole rings is 1. The average Bonchev–Trinajstić information content (AvgIpc) is 3.12. The lowest BCUT2D eigenvalue weighted by Gasteiger charge is -2.22. The Morgan fingerprint density at radius 3 is 2.83 bits per heavy atom. The van der Waals surface area contributed by atoms with Crippen molar-refractivity contribution in [1.82, 2.24) is 20.6 Å². The maximum Gasteiger partial charge on any atom is 0.213 e. The van der Waals surface area contributed by atoms with Gasteiger partial charge in [0.05, 0.1) is 17.2 Å². The van der Waals surface area contributed by atoms with Gasteiger partial charge < -0.3 is 15.4 Å². The number of hydrogen-bond donors (Lipinski definition) is 2. The summed E-state index contributed by atoms with van der Waals surface area (Å²) in [4.78, 5) is 13.6. The summed E-state index contributed by atoms with van der Waals surface area (Å²) < 4.78 is 6.07. The number of nitrogens with one attached hydrogen (secondary N) is 2. The number of guanidine groups is 1. The molecular formula is C21H32IN5OS. The van der Waals surface area contributed by atoms with E-state index in [2.05, 4.69) is 32.9 Å².